The van der Waals surface area contributed by atoms with Crippen molar-refractivity contribution >= 4 is 5.91 Å². The maximum Gasteiger partial charge on any atom is 0.223 e. The monoisotopic (exact) mass is 280 g/mol. The summed E-state index contributed by atoms with van der Waals surface area (Å²) >= 11 is 0. The number of amides is 1. The van der Waals surface area contributed by atoms with E-state index >= 15 is 0 Å². The molecule has 1 saturated carbocycles. The molecule has 0 radical (unpaired) electrons. The summed E-state index contributed by atoms with van der Waals surface area (Å²) < 4.78 is 0. The van der Waals surface area contributed by atoms with Crippen LogP contribution in [0.2, 0.25) is 0 Å². The third-order valence-corrected chi connectivity index (χ3v) is 5.35. The van der Waals surface area contributed by atoms with Gasteiger partial charge in [0.25, 0.3) is 0 Å². The number of piperidine rings is 1. The molecule has 20 heavy (non-hydrogen) atoms. The molecule has 0 atom stereocenters. The molecule has 0 aromatic rings. The molecule has 0 unspecified atom stereocenters. The molecule has 0 aromatic heterocycles. The quantitative estimate of drug-likeness (QED) is 0.834. The Hall–Kier alpha value is -0.570. The molecule has 2 fully saturated rings. The van der Waals surface area contributed by atoms with Gasteiger partial charge in [0, 0.05) is 12.5 Å². The standard InChI is InChI=1S/C17H32N2O/c1-17(2,3)15-6-4-13(5-7-15)12-19-16(20)14-8-10-18-11-9-14/h13-15,18H,4-12H2,1-3H3,(H,19,20). The second-order valence-corrected chi connectivity index (χ2v) is 7.85. The van der Waals surface area contributed by atoms with Gasteiger partial charge in [-0.3, -0.25) is 4.79 Å². The molecule has 1 amide bonds. The first kappa shape index (κ1) is 15.8. The second-order valence-electron chi connectivity index (χ2n) is 7.85. The molecule has 1 aliphatic heterocycles. The van der Waals surface area contributed by atoms with Crippen LogP contribution in [-0.2, 0) is 4.79 Å². The molecular formula is C17H32N2O. The maximum absolute atomic E-state index is 12.1. The van der Waals surface area contributed by atoms with E-state index < -0.39 is 0 Å². The van der Waals surface area contributed by atoms with Crippen LogP contribution in [0.1, 0.15) is 59.3 Å². The molecule has 0 bridgehead atoms. The van der Waals surface area contributed by atoms with Crippen molar-refractivity contribution in [3.63, 3.8) is 0 Å². The first-order valence-electron chi connectivity index (χ1n) is 8.45. The van der Waals surface area contributed by atoms with Crippen LogP contribution >= 0.6 is 0 Å². The van der Waals surface area contributed by atoms with Gasteiger partial charge in [0.1, 0.15) is 0 Å². The summed E-state index contributed by atoms with van der Waals surface area (Å²) in [6, 6.07) is 0. The fourth-order valence-electron chi connectivity index (χ4n) is 3.71. The van der Waals surface area contributed by atoms with Crippen molar-refractivity contribution in [3.05, 3.63) is 0 Å². The largest absolute Gasteiger partial charge is 0.356 e. The molecule has 1 heterocycles. The third kappa shape index (κ3) is 4.47. The zero-order valence-corrected chi connectivity index (χ0v) is 13.5. The molecule has 116 valence electrons. The minimum absolute atomic E-state index is 0.252. The van der Waals surface area contributed by atoms with E-state index in [4.69, 9.17) is 0 Å². The minimum Gasteiger partial charge on any atom is -0.356 e. The average molecular weight is 280 g/mol. The lowest BCUT2D eigenvalue weighted by atomic mass is 9.70. The van der Waals surface area contributed by atoms with Crippen LogP contribution in [0.5, 0.6) is 0 Å². The number of carbonyl (C=O) groups is 1. The van der Waals surface area contributed by atoms with Crippen molar-refractivity contribution in [1.29, 1.82) is 0 Å². The van der Waals surface area contributed by atoms with Gasteiger partial charge in [-0.05, 0) is 68.9 Å². The molecular weight excluding hydrogens is 248 g/mol. The molecule has 2 rings (SSSR count). The van der Waals surface area contributed by atoms with E-state index in [-0.39, 0.29) is 5.92 Å². The van der Waals surface area contributed by atoms with Crippen LogP contribution in [0.4, 0.5) is 0 Å². The van der Waals surface area contributed by atoms with E-state index in [9.17, 15) is 4.79 Å². The van der Waals surface area contributed by atoms with Gasteiger partial charge >= 0.3 is 0 Å². The van der Waals surface area contributed by atoms with Gasteiger partial charge in [-0.1, -0.05) is 20.8 Å². The van der Waals surface area contributed by atoms with Gasteiger partial charge in [-0.15, -0.1) is 0 Å². The average Bonchev–Trinajstić information content (AvgIpc) is 2.45. The summed E-state index contributed by atoms with van der Waals surface area (Å²) in [6.07, 6.45) is 7.24. The normalized spacial score (nSPS) is 29.1. The zero-order valence-electron chi connectivity index (χ0n) is 13.5. The Morgan fingerprint density at radius 2 is 1.65 bits per heavy atom. The minimum atomic E-state index is 0.252. The molecule has 3 nitrogen and oxygen atoms in total. The van der Waals surface area contributed by atoms with Crippen molar-refractivity contribution in [3.8, 4) is 0 Å². The number of nitrogens with one attached hydrogen (secondary N) is 2. The van der Waals surface area contributed by atoms with Crippen molar-refractivity contribution in [1.82, 2.24) is 10.6 Å². The Labute approximate surface area is 124 Å². The lowest BCUT2D eigenvalue weighted by Crippen LogP contribution is -2.40. The van der Waals surface area contributed by atoms with E-state index in [1.807, 2.05) is 0 Å². The summed E-state index contributed by atoms with van der Waals surface area (Å²) in [5.41, 5.74) is 0.448. The number of hydrogen-bond donors (Lipinski definition) is 2. The maximum atomic E-state index is 12.1. The number of carbonyl (C=O) groups excluding carboxylic acids is 1. The highest BCUT2D eigenvalue weighted by Crippen LogP contribution is 2.39. The first-order valence-corrected chi connectivity index (χ1v) is 8.45. The topological polar surface area (TPSA) is 41.1 Å². The summed E-state index contributed by atoms with van der Waals surface area (Å²) in [6.45, 7) is 9.97. The first-order chi connectivity index (χ1) is 9.47. The van der Waals surface area contributed by atoms with E-state index in [0.717, 1.165) is 38.4 Å². The van der Waals surface area contributed by atoms with E-state index in [1.54, 1.807) is 0 Å². The lowest BCUT2D eigenvalue weighted by Gasteiger charge is -2.37. The summed E-state index contributed by atoms with van der Waals surface area (Å²) in [7, 11) is 0. The summed E-state index contributed by atoms with van der Waals surface area (Å²) in [4.78, 5) is 12.1. The zero-order chi connectivity index (χ0) is 14.6. The van der Waals surface area contributed by atoms with E-state index in [1.165, 1.54) is 25.7 Å². The fourth-order valence-corrected chi connectivity index (χ4v) is 3.71. The van der Waals surface area contributed by atoms with Gasteiger partial charge in [-0.2, -0.15) is 0 Å². The van der Waals surface area contributed by atoms with E-state index in [2.05, 4.69) is 31.4 Å². The van der Waals surface area contributed by atoms with Crippen molar-refractivity contribution in [2.45, 2.75) is 59.3 Å². The predicted molar refractivity (Wildman–Crippen MR) is 83.5 cm³/mol. The Morgan fingerprint density at radius 1 is 1.05 bits per heavy atom. The lowest BCUT2D eigenvalue weighted by molar-refractivity contribution is -0.126. The fraction of sp³-hybridized carbons (Fsp3) is 0.941. The van der Waals surface area contributed by atoms with E-state index in [0.29, 0.717) is 17.2 Å². The van der Waals surface area contributed by atoms with Crippen LogP contribution in [0.25, 0.3) is 0 Å². The van der Waals surface area contributed by atoms with Crippen LogP contribution in [0, 0.1) is 23.2 Å². The number of hydrogen-bond acceptors (Lipinski definition) is 2. The Morgan fingerprint density at radius 3 is 2.20 bits per heavy atom. The second kappa shape index (κ2) is 6.93. The Balaban J connectivity index is 1.67. The van der Waals surface area contributed by atoms with Crippen LogP contribution in [0.15, 0.2) is 0 Å². The van der Waals surface area contributed by atoms with Gasteiger partial charge < -0.3 is 10.6 Å². The molecule has 3 heteroatoms. The highest BCUT2D eigenvalue weighted by Gasteiger charge is 2.30. The highest BCUT2D eigenvalue weighted by atomic mass is 16.1. The summed E-state index contributed by atoms with van der Waals surface area (Å²) in [5, 5.41) is 6.52. The molecule has 1 aliphatic carbocycles. The van der Waals surface area contributed by atoms with Gasteiger partial charge in [-0.25, -0.2) is 0 Å². The Kier molecular flexibility index (Phi) is 5.48. The molecule has 2 aliphatic rings. The van der Waals surface area contributed by atoms with Crippen molar-refractivity contribution < 1.29 is 4.79 Å². The predicted octanol–water partition coefficient (Wildman–Crippen LogP) is 2.95. The molecule has 2 N–H and O–H groups in total. The highest BCUT2D eigenvalue weighted by molar-refractivity contribution is 5.78. The third-order valence-electron chi connectivity index (χ3n) is 5.35. The molecule has 1 saturated heterocycles. The smallest absolute Gasteiger partial charge is 0.223 e. The molecule has 0 aromatic carbocycles. The Bertz CT molecular complexity index is 307. The summed E-state index contributed by atoms with van der Waals surface area (Å²) in [5.74, 6) is 2.12. The van der Waals surface area contributed by atoms with Crippen molar-refractivity contribution in [2.24, 2.45) is 23.2 Å². The number of rotatable bonds is 3. The van der Waals surface area contributed by atoms with Crippen molar-refractivity contribution in [2.75, 3.05) is 19.6 Å². The van der Waals surface area contributed by atoms with Crippen LogP contribution < -0.4 is 10.6 Å². The SMILES string of the molecule is CC(C)(C)C1CCC(CNC(=O)C2CCNCC2)CC1. The van der Waals surface area contributed by atoms with Gasteiger partial charge in [0.2, 0.25) is 5.91 Å². The van der Waals surface area contributed by atoms with Gasteiger partial charge in [0.15, 0.2) is 0 Å². The van der Waals surface area contributed by atoms with Gasteiger partial charge in [0.05, 0.1) is 0 Å². The van der Waals surface area contributed by atoms with Crippen LogP contribution in [0.3, 0.4) is 0 Å². The molecule has 0 spiro atoms. The van der Waals surface area contributed by atoms with Crippen LogP contribution in [-0.4, -0.2) is 25.5 Å².